The lowest BCUT2D eigenvalue weighted by Crippen LogP contribution is -2.05. The molecule has 6 heteroatoms. The maximum absolute atomic E-state index is 6.26. The van der Waals surface area contributed by atoms with Gasteiger partial charge in [0, 0.05) is 17.0 Å². The Balaban J connectivity index is 2.49. The van der Waals surface area contributed by atoms with E-state index in [-0.39, 0.29) is 0 Å². The zero-order valence-electron chi connectivity index (χ0n) is 12.6. The van der Waals surface area contributed by atoms with Crippen LogP contribution in [-0.2, 0) is 13.0 Å². The number of nitrogens with one attached hydrogen (secondary N) is 1. The number of halogens is 1. The van der Waals surface area contributed by atoms with Gasteiger partial charge in [-0.15, -0.1) is 11.3 Å². The molecule has 0 saturated carbocycles. The van der Waals surface area contributed by atoms with E-state index in [1.807, 2.05) is 19.2 Å². The van der Waals surface area contributed by atoms with E-state index in [1.54, 1.807) is 25.6 Å². The van der Waals surface area contributed by atoms with Gasteiger partial charge in [-0.05, 0) is 25.6 Å². The van der Waals surface area contributed by atoms with E-state index in [1.165, 1.54) is 4.88 Å². The molecule has 0 amide bonds. The largest absolute Gasteiger partial charge is 0.493 e. The zero-order chi connectivity index (χ0) is 15.4. The molecule has 0 aliphatic rings. The molecule has 0 saturated heterocycles. The number of thiazole rings is 1. The van der Waals surface area contributed by atoms with Gasteiger partial charge in [0.2, 0.25) is 0 Å². The Labute approximate surface area is 134 Å². The molecule has 2 rings (SSSR count). The second-order valence-electron chi connectivity index (χ2n) is 4.47. The number of nitrogens with zero attached hydrogens (tertiary/aromatic N) is 1. The lowest BCUT2D eigenvalue weighted by atomic mass is 10.2. The summed E-state index contributed by atoms with van der Waals surface area (Å²) in [6.07, 6.45) is 0.911. The Morgan fingerprint density at radius 1 is 1.29 bits per heavy atom. The van der Waals surface area contributed by atoms with Crippen LogP contribution in [0.3, 0.4) is 0 Å². The van der Waals surface area contributed by atoms with Gasteiger partial charge in [0.15, 0.2) is 11.5 Å². The lowest BCUT2D eigenvalue weighted by Gasteiger charge is -2.10. The zero-order valence-corrected chi connectivity index (χ0v) is 14.2. The Morgan fingerprint density at radius 3 is 2.62 bits per heavy atom. The van der Waals surface area contributed by atoms with Gasteiger partial charge in [0.25, 0.3) is 0 Å². The number of rotatable bonds is 6. The summed E-state index contributed by atoms with van der Waals surface area (Å²) in [5.74, 6) is 1.16. The SMILES string of the molecule is CCc1nc(-c2cc(Cl)c(OC)c(OC)c2)sc1CNC. The molecular weight excluding hydrogens is 308 g/mol. The number of aryl methyl sites for hydroxylation is 1. The number of benzene rings is 1. The first kappa shape index (κ1) is 16.1. The van der Waals surface area contributed by atoms with Crippen LogP contribution in [0.4, 0.5) is 0 Å². The summed E-state index contributed by atoms with van der Waals surface area (Å²) < 4.78 is 10.6. The van der Waals surface area contributed by atoms with Crippen LogP contribution in [0.1, 0.15) is 17.5 Å². The molecule has 21 heavy (non-hydrogen) atoms. The van der Waals surface area contributed by atoms with Crippen molar-refractivity contribution in [1.29, 1.82) is 0 Å². The molecule has 1 aromatic heterocycles. The van der Waals surface area contributed by atoms with Crippen molar-refractivity contribution >= 4 is 22.9 Å². The van der Waals surface area contributed by atoms with E-state index < -0.39 is 0 Å². The highest BCUT2D eigenvalue weighted by Gasteiger charge is 2.16. The van der Waals surface area contributed by atoms with Crippen molar-refractivity contribution in [2.24, 2.45) is 0 Å². The summed E-state index contributed by atoms with van der Waals surface area (Å²) in [6, 6.07) is 3.77. The molecule has 0 spiro atoms. The molecule has 1 N–H and O–H groups in total. The van der Waals surface area contributed by atoms with Gasteiger partial charge < -0.3 is 14.8 Å². The van der Waals surface area contributed by atoms with E-state index >= 15 is 0 Å². The number of hydrogen-bond donors (Lipinski definition) is 1. The normalized spacial score (nSPS) is 10.7. The van der Waals surface area contributed by atoms with E-state index in [0.29, 0.717) is 16.5 Å². The Kier molecular flexibility index (Phi) is 5.45. The molecule has 4 nitrogen and oxygen atoms in total. The second-order valence-corrected chi connectivity index (χ2v) is 5.96. The molecule has 114 valence electrons. The number of aromatic nitrogens is 1. The maximum atomic E-state index is 6.26. The Morgan fingerprint density at radius 2 is 2.05 bits per heavy atom. The average Bonchev–Trinajstić information content (AvgIpc) is 2.89. The fourth-order valence-corrected chi connectivity index (χ4v) is 3.56. The topological polar surface area (TPSA) is 43.4 Å². The number of hydrogen-bond acceptors (Lipinski definition) is 5. The van der Waals surface area contributed by atoms with Crippen molar-refractivity contribution in [2.45, 2.75) is 19.9 Å². The first-order chi connectivity index (χ1) is 10.1. The van der Waals surface area contributed by atoms with Crippen LogP contribution in [0.15, 0.2) is 12.1 Å². The van der Waals surface area contributed by atoms with Crippen molar-refractivity contribution in [2.75, 3.05) is 21.3 Å². The van der Waals surface area contributed by atoms with Gasteiger partial charge in [-0.1, -0.05) is 18.5 Å². The maximum Gasteiger partial charge on any atom is 0.179 e. The van der Waals surface area contributed by atoms with Gasteiger partial charge in [0.05, 0.1) is 24.9 Å². The third-order valence-electron chi connectivity index (χ3n) is 3.13. The molecule has 0 aliphatic heterocycles. The first-order valence-corrected chi connectivity index (χ1v) is 7.89. The quantitative estimate of drug-likeness (QED) is 0.877. The number of ether oxygens (including phenoxy) is 2. The first-order valence-electron chi connectivity index (χ1n) is 6.69. The summed E-state index contributed by atoms with van der Waals surface area (Å²) in [6.45, 7) is 2.93. The third kappa shape index (κ3) is 3.31. The standard InChI is InChI=1S/C15H19ClN2O2S/c1-5-11-13(8-17-2)21-15(18-11)9-6-10(16)14(20-4)12(7-9)19-3/h6-7,17H,5,8H2,1-4H3. The van der Waals surface area contributed by atoms with Crippen LogP contribution in [0, 0.1) is 0 Å². The van der Waals surface area contributed by atoms with Crippen LogP contribution in [-0.4, -0.2) is 26.3 Å². The van der Waals surface area contributed by atoms with Gasteiger partial charge in [-0.3, -0.25) is 0 Å². The van der Waals surface area contributed by atoms with Crippen LogP contribution in [0.5, 0.6) is 11.5 Å². The fraction of sp³-hybridized carbons (Fsp3) is 0.400. The highest BCUT2D eigenvalue weighted by Crippen LogP contribution is 2.40. The molecule has 0 atom stereocenters. The van der Waals surface area contributed by atoms with Crippen molar-refractivity contribution in [3.63, 3.8) is 0 Å². The highest BCUT2D eigenvalue weighted by molar-refractivity contribution is 7.15. The Bertz CT molecular complexity index is 628. The molecule has 1 aromatic carbocycles. The van der Waals surface area contributed by atoms with Gasteiger partial charge in [-0.25, -0.2) is 4.98 Å². The molecular formula is C15H19ClN2O2S. The van der Waals surface area contributed by atoms with Crippen LogP contribution < -0.4 is 14.8 Å². The van der Waals surface area contributed by atoms with Gasteiger partial charge in [-0.2, -0.15) is 0 Å². The van der Waals surface area contributed by atoms with Crippen molar-refractivity contribution in [3.8, 4) is 22.1 Å². The molecule has 1 heterocycles. The fourth-order valence-electron chi connectivity index (χ4n) is 2.12. The lowest BCUT2D eigenvalue weighted by molar-refractivity contribution is 0.355. The minimum Gasteiger partial charge on any atom is -0.493 e. The molecule has 2 aromatic rings. The van der Waals surface area contributed by atoms with Crippen LogP contribution in [0.2, 0.25) is 5.02 Å². The third-order valence-corrected chi connectivity index (χ3v) is 4.56. The van der Waals surface area contributed by atoms with Crippen LogP contribution in [0.25, 0.3) is 10.6 Å². The van der Waals surface area contributed by atoms with E-state index in [4.69, 9.17) is 26.1 Å². The van der Waals surface area contributed by atoms with Crippen molar-refractivity contribution < 1.29 is 9.47 Å². The molecule has 0 radical (unpaired) electrons. The molecule has 0 aliphatic carbocycles. The summed E-state index contributed by atoms with van der Waals surface area (Å²) in [5.41, 5.74) is 2.06. The smallest absolute Gasteiger partial charge is 0.179 e. The van der Waals surface area contributed by atoms with Crippen LogP contribution >= 0.6 is 22.9 Å². The monoisotopic (exact) mass is 326 g/mol. The molecule has 0 fully saturated rings. The molecule has 0 unspecified atom stereocenters. The predicted octanol–water partition coefficient (Wildman–Crippen LogP) is 3.76. The summed E-state index contributed by atoms with van der Waals surface area (Å²) >= 11 is 7.94. The van der Waals surface area contributed by atoms with E-state index in [2.05, 4.69) is 12.2 Å². The summed E-state index contributed by atoms with van der Waals surface area (Å²) in [5, 5.41) is 4.64. The highest BCUT2D eigenvalue weighted by atomic mass is 35.5. The summed E-state index contributed by atoms with van der Waals surface area (Å²) in [4.78, 5) is 5.96. The minimum absolute atomic E-state index is 0.523. The van der Waals surface area contributed by atoms with Gasteiger partial charge in [0.1, 0.15) is 5.01 Å². The van der Waals surface area contributed by atoms with Crippen molar-refractivity contribution in [3.05, 3.63) is 27.7 Å². The van der Waals surface area contributed by atoms with E-state index in [9.17, 15) is 0 Å². The number of methoxy groups -OCH3 is 2. The second kappa shape index (κ2) is 7.11. The Hall–Kier alpha value is -1.30. The average molecular weight is 327 g/mol. The minimum atomic E-state index is 0.523. The van der Waals surface area contributed by atoms with Gasteiger partial charge >= 0.3 is 0 Å². The van der Waals surface area contributed by atoms with Crippen molar-refractivity contribution in [1.82, 2.24) is 10.3 Å². The summed E-state index contributed by atoms with van der Waals surface area (Å²) in [7, 11) is 5.11. The molecule has 0 bridgehead atoms. The van der Waals surface area contributed by atoms with E-state index in [0.717, 1.165) is 29.2 Å². The predicted molar refractivity (Wildman–Crippen MR) is 87.8 cm³/mol.